The van der Waals surface area contributed by atoms with Gasteiger partial charge >= 0.3 is 0 Å². The second kappa shape index (κ2) is 7.99. The van der Waals surface area contributed by atoms with Crippen LogP contribution in [0.15, 0.2) is 48.5 Å². The minimum absolute atomic E-state index is 0.0445. The van der Waals surface area contributed by atoms with E-state index in [0.717, 1.165) is 0 Å². The SMILES string of the molecule is CC(Oc1ccc(O)cc1)C(=O)N1CCN(C(=O)c2ccccc2O)CC1. The molecule has 7 nitrogen and oxygen atoms in total. The fraction of sp³-hybridized carbons (Fsp3) is 0.300. The molecule has 0 bridgehead atoms. The number of hydrogen-bond donors (Lipinski definition) is 2. The number of ether oxygens (including phenoxy) is 1. The lowest BCUT2D eigenvalue weighted by atomic mass is 10.1. The Morgan fingerprint density at radius 2 is 1.52 bits per heavy atom. The first-order valence-electron chi connectivity index (χ1n) is 8.77. The topological polar surface area (TPSA) is 90.3 Å². The Kier molecular flexibility index (Phi) is 5.49. The van der Waals surface area contributed by atoms with Crippen molar-refractivity contribution in [3.63, 3.8) is 0 Å². The van der Waals surface area contributed by atoms with Crippen LogP contribution in [0.3, 0.4) is 0 Å². The number of amides is 2. The molecule has 2 aromatic rings. The van der Waals surface area contributed by atoms with Crippen LogP contribution < -0.4 is 4.74 Å². The molecule has 2 amide bonds. The third-order valence-electron chi connectivity index (χ3n) is 4.51. The number of benzene rings is 2. The van der Waals surface area contributed by atoms with Crippen molar-refractivity contribution >= 4 is 11.8 Å². The van der Waals surface area contributed by atoms with Crippen molar-refractivity contribution in [3.05, 3.63) is 54.1 Å². The van der Waals surface area contributed by atoms with E-state index in [2.05, 4.69) is 0 Å². The van der Waals surface area contributed by atoms with Crippen LogP contribution in [-0.2, 0) is 4.79 Å². The van der Waals surface area contributed by atoms with Gasteiger partial charge in [0.1, 0.15) is 17.2 Å². The molecule has 2 N–H and O–H groups in total. The molecule has 0 radical (unpaired) electrons. The molecule has 3 rings (SSSR count). The van der Waals surface area contributed by atoms with E-state index in [-0.39, 0.29) is 28.9 Å². The van der Waals surface area contributed by atoms with Crippen molar-refractivity contribution in [1.29, 1.82) is 0 Å². The maximum absolute atomic E-state index is 12.6. The summed E-state index contributed by atoms with van der Waals surface area (Å²) in [6.07, 6.45) is -0.671. The summed E-state index contributed by atoms with van der Waals surface area (Å²) < 4.78 is 5.63. The zero-order valence-corrected chi connectivity index (χ0v) is 15.0. The molecule has 0 spiro atoms. The molecule has 0 saturated carbocycles. The molecule has 1 heterocycles. The first kappa shape index (κ1) is 18.6. The molecule has 1 aliphatic rings. The molecule has 0 aromatic heterocycles. The highest BCUT2D eigenvalue weighted by Gasteiger charge is 2.29. The summed E-state index contributed by atoms with van der Waals surface area (Å²) in [6, 6.07) is 12.6. The second-order valence-corrected chi connectivity index (χ2v) is 6.39. The number of hydrogen-bond acceptors (Lipinski definition) is 5. The normalized spacial score (nSPS) is 15.3. The van der Waals surface area contributed by atoms with Crippen molar-refractivity contribution in [3.8, 4) is 17.2 Å². The Morgan fingerprint density at radius 1 is 0.926 bits per heavy atom. The van der Waals surface area contributed by atoms with Crippen LogP contribution in [0.1, 0.15) is 17.3 Å². The van der Waals surface area contributed by atoms with Gasteiger partial charge in [-0.05, 0) is 43.3 Å². The number of aromatic hydroxyl groups is 2. The van der Waals surface area contributed by atoms with E-state index in [1.165, 1.54) is 18.2 Å². The minimum Gasteiger partial charge on any atom is -0.508 e. The third-order valence-corrected chi connectivity index (χ3v) is 4.51. The Hall–Kier alpha value is -3.22. The lowest BCUT2D eigenvalue weighted by Crippen LogP contribution is -2.53. The van der Waals surface area contributed by atoms with Crippen molar-refractivity contribution < 1.29 is 24.5 Å². The Bertz CT molecular complexity index is 813. The molecule has 1 unspecified atom stereocenters. The van der Waals surface area contributed by atoms with Gasteiger partial charge in [-0.2, -0.15) is 0 Å². The van der Waals surface area contributed by atoms with Crippen LogP contribution >= 0.6 is 0 Å². The molecule has 142 valence electrons. The van der Waals surface area contributed by atoms with Crippen molar-refractivity contribution in [2.75, 3.05) is 26.2 Å². The number of rotatable bonds is 4. The van der Waals surface area contributed by atoms with Crippen LogP contribution in [-0.4, -0.2) is 64.1 Å². The first-order valence-corrected chi connectivity index (χ1v) is 8.77. The maximum atomic E-state index is 12.6. The van der Waals surface area contributed by atoms with E-state index in [0.29, 0.717) is 31.9 Å². The van der Waals surface area contributed by atoms with Crippen LogP contribution in [0.4, 0.5) is 0 Å². The summed E-state index contributed by atoms with van der Waals surface area (Å²) >= 11 is 0. The lowest BCUT2D eigenvalue weighted by Gasteiger charge is -2.36. The summed E-state index contributed by atoms with van der Waals surface area (Å²) in [7, 11) is 0. The Labute approximate surface area is 157 Å². The number of carbonyl (C=O) groups excluding carboxylic acids is 2. The predicted molar refractivity (Wildman–Crippen MR) is 98.8 cm³/mol. The summed E-state index contributed by atoms with van der Waals surface area (Å²) in [5.41, 5.74) is 0.265. The van der Waals surface area contributed by atoms with Gasteiger partial charge in [0, 0.05) is 26.2 Å². The first-order chi connectivity index (χ1) is 13.0. The third kappa shape index (κ3) is 4.31. The van der Waals surface area contributed by atoms with E-state index >= 15 is 0 Å². The van der Waals surface area contributed by atoms with E-state index < -0.39 is 6.10 Å². The van der Waals surface area contributed by atoms with Gasteiger partial charge in [-0.1, -0.05) is 12.1 Å². The van der Waals surface area contributed by atoms with Gasteiger partial charge in [-0.3, -0.25) is 9.59 Å². The number of para-hydroxylation sites is 1. The highest BCUT2D eigenvalue weighted by Crippen LogP contribution is 2.20. The number of piperazine rings is 1. The number of phenolic OH excluding ortho intramolecular Hbond substituents is 2. The van der Waals surface area contributed by atoms with E-state index in [1.54, 1.807) is 47.1 Å². The average molecular weight is 370 g/mol. The van der Waals surface area contributed by atoms with Gasteiger partial charge < -0.3 is 24.7 Å². The highest BCUT2D eigenvalue weighted by atomic mass is 16.5. The maximum Gasteiger partial charge on any atom is 0.263 e. The van der Waals surface area contributed by atoms with Crippen molar-refractivity contribution in [2.24, 2.45) is 0 Å². The Balaban J connectivity index is 1.55. The molecule has 2 aromatic carbocycles. The molecule has 27 heavy (non-hydrogen) atoms. The molecule has 1 atom stereocenters. The summed E-state index contributed by atoms with van der Waals surface area (Å²) in [5, 5.41) is 19.1. The lowest BCUT2D eigenvalue weighted by molar-refractivity contribution is -0.139. The van der Waals surface area contributed by atoms with Gasteiger partial charge in [0.15, 0.2) is 6.10 Å². The monoisotopic (exact) mass is 370 g/mol. The summed E-state index contributed by atoms with van der Waals surface area (Å²) in [4.78, 5) is 28.4. The zero-order valence-electron chi connectivity index (χ0n) is 15.0. The quantitative estimate of drug-likeness (QED) is 0.857. The van der Waals surface area contributed by atoms with Crippen molar-refractivity contribution in [2.45, 2.75) is 13.0 Å². The zero-order chi connectivity index (χ0) is 19.4. The fourth-order valence-corrected chi connectivity index (χ4v) is 2.99. The molecule has 1 fully saturated rings. The minimum atomic E-state index is -0.671. The summed E-state index contributed by atoms with van der Waals surface area (Å²) in [6.45, 7) is 3.27. The number of phenols is 2. The summed E-state index contributed by atoms with van der Waals surface area (Å²) in [5.74, 6) is 0.192. The molecular formula is C20H22N2O5. The molecule has 1 aliphatic heterocycles. The van der Waals surface area contributed by atoms with Gasteiger partial charge in [-0.25, -0.2) is 0 Å². The standard InChI is InChI=1S/C20H22N2O5/c1-14(27-16-8-6-15(23)7-9-16)19(25)21-10-12-22(13-11-21)20(26)17-4-2-3-5-18(17)24/h2-9,14,23-24H,10-13H2,1H3. The van der Waals surface area contributed by atoms with Gasteiger partial charge in [-0.15, -0.1) is 0 Å². The fourth-order valence-electron chi connectivity index (χ4n) is 2.99. The molecule has 7 heteroatoms. The second-order valence-electron chi connectivity index (χ2n) is 6.39. The van der Waals surface area contributed by atoms with Gasteiger partial charge in [0.05, 0.1) is 5.56 Å². The largest absolute Gasteiger partial charge is 0.508 e. The Morgan fingerprint density at radius 3 is 2.15 bits per heavy atom. The molecular weight excluding hydrogens is 348 g/mol. The van der Waals surface area contributed by atoms with Gasteiger partial charge in [0.2, 0.25) is 0 Å². The average Bonchev–Trinajstić information content (AvgIpc) is 2.69. The van der Waals surface area contributed by atoms with Crippen LogP contribution in [0.5, 0.6) is 17.2 Å². The molecule has 1 saturated heterocycles. The van der Waals surface area contributed by atoms with Crippen LogP contribution in [0.25, 0.3) is 0 Å². The highest BCUT2D eigenvalue weighted by molar-refractivity contribution is 5.97. The molecule has 0 aliphatic carbocycles. The van der Waals surface area contributed by atoms with E-state index in [4.69, 9.17) is 4.74 Å². The van der Waals surface area contributed by atoms with Crippen molar-refractivity contribution in [1.82, 2.24) is 9.80 Å². The van der Waals surface area contributed by atoms with Gasteiger partial charge in [0.25, 0.3) is 11.8 Å². The predicted octanol–water partition coefficient (Wildman–Crippen LogP) is 1.85. The smallest absolute Gasteiger partial charge is 0.263 e. The van der Waals surface area contributed by atoms with Crippen LogP contribution in [0, 0.1) is 0 Å². The van der Waals surface area contributed by atoms with Crippen LogP contribution in [0.2, 0.25) is 0 Å². The number of carbonyl (C=O) groups is 2. The van der Waals surface area contributed by atoms with E-state index in [9.17, 15) is 19.8 Å². The van der Waals surface area contributed by atoms with E-state index in [1.807, 2.05) is 0 Å². The number of nitrogens with zero attached hydrogens (tertiary/aromatic N) is 2.